The molecule has 0 heterocycles. The number of hydrogen-bond acceptors (Lipinski definition) is 4. The van der Waals surface area contributed by atoms with Crippen molar-refractivity contribution in [1.82, 2.24) is 0 Å². The number of para-hydroxylation sites is 2. The molecule has 0 spiro atoms. The van der Waals surface area contributed by atoms with E-state index in [1.165, 1.54) is 32.2 Å². The summed E-state index contributed by atoms with van der Waals surface area (Å²) in [4.78, 5) is 24.0. The summed E-state index contributed by atoms with van der Waals surface area (Å²) >= 11 is 0. The van der Waals surface area contributed by atoms with E-state index >= 15 is 0 Å². The molecule has 120 valence electrons. The summed E-state index contributed by atoms with van der Waals surface area (Å²) in [5.74, 6) is -1.35. The molecule has 2 aromatic rings. The van der Waals surface area contributed by atoms with Crippen molar-refractivity contribution in [2.75, 3.05) is 12.4 Å². The molecular formula is C17H16FNO4. The van der Waals surface area contributed by atoms with Gasteiger partial charge >= 0.3 is 5.97 Å². The summed E-state index contributed by atoms with van der Waals surface area (Å²) in [6, 6.07) is 11.9. The second-order valence-corrected chi connectivity index (χ2v) is 4.75. The first kappa shape index (κ1) is 16.5. The number of carbonyl (C=O) groups is 2. The van der Waals surface area contributed by atoms with Crippen LogP contribution in [0.15, 0.2) is 48.5 Å². The lowest BCUT2D eigenvalue weighted by Crippen LogP contribution is -2.30. The Kier molecular flexibility index (Phi) is 5.30. The Morgan fingerprint density at radius 1 is 1.13 bits per heavy atom. The van der Waals surface area contributed by atoms with E-state index in [4.69, 9.17) is 9.47 Å². The van der Waals surface area contributed by atoms with E-state index in [1.54, 1.807) is 24.3 Å². The summed E-state index contributed by atoms with van der Waals surface area (Å²) in [5.41, 5.74) is 0.510. The number of ether oxygens (including phenoxy) is 2. The minimum atomic E-state index is -1.05. The van der Waals surface area contributed by atoms with E-state index in [1.807, 2.05) is 0 Å². The van der Waals surface area contributed by atoms with Crippen molar-refractivity contribution < 1.29 is 23.5 Å². The quantitative estimate of drug-likeness (QED) is 0.861. The van der Waals surface area contributed by atoms with Gasteiger partial charge in [-0.3, -0.25) is 4.79 Å². The van der Waals surface area contributed by atoms with Crippen LogP contribution in [-0.4, -0.2) is 25.1 Å². The Morgan fingerprint density at radius 3 is 2.57 bits per heavy atom. The molecule has 0 fully saturated rings. The van der Waals surface area contributed by atoms with Crippen LogP contribution in [-0.2, 0) is 9.53 Å². The first-order chi connectivity index (χ1) is 11.0. The van der Waals surface area contributed by atoms with Gasteiger partial charge in [0.05, 0.1) is 18.4 Å². The number of carbonyl (C=O) groups excluding carboxylic acids is 2. The third-order valence-corrected chi connectivity index (χ3v) is 3.08. The Morgan fingerprint density at radius 2 is 1.87 bits per heavy atom. The zero-order valence-corrected chi connectivity index (χ0v) is 12.7. The number of halogens is 1. The predicted octanol–water partition coefficient (Wildman–Crippen LogP) is 3.02. The van der Waals surface area contributed by atoms with E-state index < -0.39 is 23.8 Å². The Balaban J connectivity index is 2.01. The van der Waals surface area contributed by atoms with Gasteiger partial charge in [-0.1, -0.05) is 18.2 Å². The molecule has 0 saturated heterocycles. The maximum absolute atomic E-state index is 13.1. The lowest BCUT2D eigenvalue weighted by Gasteiger charge is -2.15. The van der Waals surface area contributed by atoms with Gasteiger partial charge in [0.25, 0.3) is 5.91 Å². The van der Waals surface area contributed by atoms with E-state index in [2.05, 4.69) is 5.32 Å². The fraction of sp³-hybridized carbons (Fsp3) is 0.176. The van der Waals surface area contributed by atoms with Gasteiger partial charge in [0.2, 0.25) is 0 Å². The Labute approximate surface area is 133 Å². The Bertz CT molecular complexity index is 717. The zero-order chi connectivity index (χ0) is 16.8. The van der Waals surface area contributed by atoms with Crippen molar-refractivity contribution in [3.8, 4) is 5.75 Å². The molecule has 2 aromatic carbocycles. The van der Waals surface area contributed by atoms with Gasteiger partial charge in [-0.15, -0.1) is 0 Å². The molecule has 0 saturated carbocycles. The van der Waals surface area contributed by atoms with Crippen molar-refractivity contribution >= 4 is 17.6 Å². The van der Waals surface area contributed by atoms with Crippen molar-refractivity contribution in [3.05, 3.63) is 59.9 Å². The van der Waals surface area contributed by atoms with Gasteiger partial charge in [0.15, 0.2) is 6.10 Å². The smallest absolute Gasteiger partial charge is 0.339 e. The van der Waals surface area contributed by atoms with Crippen LogP contribution in [0.5, 0.6) is 5.75 Å². The predicted molar refractivity (Wildman–Crippen MR) is 82.9 cm³/mol. The first-order valence-electron chi connectivity index (χ1n) is 6.91. The molecule has 6 heteroatoms. The lowest BCUT2D eigenvalue weighted by atomic mass is 10.2. The monoisotopic (exact) mass is 317 g/mol. The maximum atomic E-state index is 13.1. The van der Waals surface area contributed by atoms with E-state index in [9.17, 15) is 14.0 Å². The minimum Gasteiger partial charge on any atom is -0.495 e. The fourth-order valence-electron chi connectivity index (χ4n) is 1.88. The number of esters is 1. The van der Waals surface area contributed by atoms with Crippen LogP contribution in [0.2, 0.25) is 0 Å². The fourth-order valence-corrected chi connectivity index (χ4v) is 1.88. The Hall–Kier alpha value is -2.89. The third-order valence-electron chi connectivity index (χ3n) is 3.08. The minimum absolute atomic E-state index is 0.0435. The van der Waals surface area contributed by atoms with Crippen molar-refractivity contribution in [1.29, 1.82) is 0 Å². The van der Waals surface area contributed by atoms with E-state index in [0.29, 0.717) is 11.4 Å². The molecule has 5 nitrogen and oxygen atoms in total. The normalized spacial score (nSPS) is 11.4. The van der Waals surface area contributed by atoms with Crippen LogP contribution in [0.25, 0.3) is 0 Å². The molecule has 0 radical (unpaired) electrons. The maximum Gasteiger partial charge on any atom is 0.339 e. The van der Waals surface area contributed by atoms with Crippen LogP contribution >= 0.6 is 0 Å². The second-order valence-electron chi connectivity index (χ2n) is 4.75. The van der Waals surface area contributed by atoms with Gasteiger partial charge in [-0.05, 0) is 37.3 Å². The van der Waals surface area contributed by atoms with E-state index in [-0.39, 0.29) is 5.56 Å². The highest BCUT2D eigenvalue weighted by Crippen LogP contribution is 2.23. The summed E-state index contributed by atoms with van der Waals surface area (Å²) < 4.78 is 23.3. The summed E-state index contributed by atoms with van der Waals surface area (Å²) in [6.07, 6.45) is -1.05. The van der Waals surface area contributed by atoms with Gasteiger partial charge in [0.1, 0.15) is 11.6 Å². The summed E-state index contributed by atoms with van der Waals surface area (Å²) in [5, 5.41) is 2.61. The van der Waals surface area contributed by atoms with Gasteiger partial charge < -0.3 is 14.8 Å². The highest BCUT2D eigenvalue weighted by atomic mass is 19.1. The standard InChI is InChI=1S/C17H16FNO4/c1-11(23-17(21)12-6-5-7-13(18)10-12)16(20)19-14-8-3-4-9-15(14)22-2/h3-11H,1-2H3,(H,19,20). The van der Waals surface area contributed by atoms with Crippen molar-refractivity contribution in [2.45, 2.75) is 13.0 Å². The molecular weight excluding hydrogens is 301 g/mol. The molecule has 0 aliphatic rings. The van der Waals surface area contributed by atoms with Crippen LogP contribution in [0, 0.1) is 5.82 Å². The number of methoxy groups -OCH3 is 1. The number of nitrogens with one attached hydrogen (secondary N) is 1. The third kappa shape index (κ3) is 4.29. The SMILES string of the molecule is COc1ccccc1NC(=O)C(C)OC(=O)c1cccc(F)c1. The molecule has 0 aliphatic heterocycles. The lowest BCUT2D eigenvalue weighted by molar-refractivity contribution is -0.123. The number of amides is 1. The molecule has 1 atom stereocenters. The van der Waals surface area contributed by atoms with Crippen LogP contribution in [0.1, 0.15) is 17.3 Å². The number of rotatable bonds is 5. The average molecular weight is 317 g/mol. The molecule has 0 aliphatic carbocycles. The molecule has 0 bridgehead atoms. The highest BCUT2D eigenvalue weighted by molar-refractivity contribution is 5.98. The zero-order valence-electron chi connectivity index (χ0n) is 12.7. The number of anilines is 1. The van der Waals surface area contributed by atoms with Crippen LogP contribution in [0.3, 0.4) is 0 Å². The second kappa shape index (κ2) is 7.40. The van der Waals surface area contributed by atoms with Crippen molar-refractivity contribution in [3.63, 3.8) is 0 Å². The topological polar surface area (TPSA) is 64.6 Å². The van der Waals surface area contributed by atoms with E-state index in [0.717, 1.165) is 6.07 Å². The van der Waals surface area contributed by atoms with Crippen LogP contribution < -0.4 is 10.1 Å². The van der Waals surface area contributed by atoms with Gasteiger partial charge in [-0.25, -0.2) is 9.18 Å². The largest absolute Gasteiger partial charge is 0.495 e. The number of benzene rings is 2. The van der Waals surface area contributed by atoms with Gasteiger partial charge in [-0.2, -0.15) is 0 Å². The molecule has 0 aromatic heterocycles. The molecule has 1 amide bonds. The summed E-state index contributed by atoms with van der Waals surface area (Å²) in [6.45, 7) is 1.43. The first-order valence-corrected chi connectivity index (χ1v) is 6.91. The molecule has 23 heavy (non-hydrogen) atoms. The van der Waals surface area contributed by atoms with Crippen molar-refractivity contribution in [2.24, 2.45) is 0 Å². The number of hydrogen-bond donors (Lipinski definition) is 1. The molecule has 2 rings (SSSR count). The van der Waals surface area contributed by atoms with Gasteiger partial charge in [0, 0.05) is 0 Å². The average Bonchev–Trinajstić information content (AvgIpc) is 2.55. The molecule has 1 N–H and O–H groups in total. The van der Waals surface area contributed by atoms with Crippen LogP contribution in [0.4, 0.5) is 10.1 Å². The summed E-state index contributed by atoms with van der Waals surface area (Å²) in [7, 11) is 1.48. The molecule has 1 unspecified atom stereocenters. The highest BCUT2D eigenvalue weighted by Gasteiger charge is 2.20.